The minimum Gasteiger partial charge on any atom is -0.312 e. The van der Waals surface area contributed by atoms with Gasteiger partial charge in [-0.1, -0.05) is 13.8 Å². The van der Waals surface area contributed by atoms with Crippen LogP contribution in [0.5, 0.6) is 0 Å². The van der Waals surface area contributed by atoms with Crippen LogP contribution >= 0.6 is 11.8 Å². The Balaban J connectivity index is 2.64. The number of halogens is 1. The van der Waals surface area contributed by atoms with E-state index in [1.165, 1.54) is 30.2 Å². The molecule has 0 unspecified atom stereocenters. The largest absolute Gasteiger partial charge is 0.312 e. The van der Waals surface area contributed by atoms with Crippen molar-refractivity contribution >= 4 is 21.6 Å². The van der Waals surface area contributed by atoms with Gasteiger partial charge in [-0.3, -0.25) is 0 Å². The van der Waals surface area contributed by atoms with Crippen LogP contribution in [0.15, 0.2) is 23.1 Å². The third-order valence-corrected chi connectivity index (χ3v) is 4.92. The molecule has 0 spiro atoms. The lowest BCUT2D eigenvalue weighted by Crippen LogP contribution is -2.19. The van der Waals surface area contributed by atoms with Gasteiger partial charge in [0.1, 0.15) is 15.7 Å². The second-order valence-corrected chi connectivity index (χ2v) is 8.65. The van der Waals surface area contributed by atoms with Crippen LogP contribution in [0.1, 0.15) is 19.4 Å². The molecular weight excluding hydrogens is 297 g/mol. The van der Waals surface area contributed by atoms with E-state index < -0.39 is 9.84 Å². The van der Waals surface area contributed by atoms with E-state index in [0.717, 1.165) is 17.0 Å². The normalized spacial score (nSPS) is 12.1. The van der Waals surface area contributed by atoms with Crippen molar-refractivity contribution in [3.63, 3.8) is 0 Å². The molecular formula is C14H22FNO2S2. The Bertz CT molecular complexity index is 530. The summed E-state index contributed by atoms with van der Waals surface area (Å²) >= 11 is 1.46. The average molecular weight is 319 g/mol. The molecule has 1 N–H and O–H groups in total. The van der Waals surface area contributed by atoms with Gasteiger partial charge in [-0.15, -0.1) is 11.8 Å². The first-order valence-corrected chi connectivity index (χ1v) is 9.62. The molecule has 0 aliphatic carbocycles. The summed E-state index contributed by atoms with van der Waals surface area (Å²) in [4.78, 5) is 0.936. The molecule has 0 radical (unpaired) electrons. The predicted octanol–water partition coefficient (Wildman–Crippen LogP) is 2.71. The van der Waals surface area contributed by atoms with Gasteiger partial charge in [-0.05, 0) is 36.2 Å². The van der Waals surface area contributed by atoms with E-state index in [2.05, 4.69) is 19.2 Å². The van der Waals surface area contributed by atoms with Crippen molar-refractivity contribution < 1.29 is 12.8 Å². The molecule has 20 heavy (non-hydrogen) atoms. The van der Waals surface area contributed by atoms with E-state index >= 15 is 0 Å². The minimum atomic E-state index is -2.95. The van der Waals surface area contributed by atoms with Crippen LogP contribution in [0.4, 0.5) is 4.39 Å². The Hall–Kier alpha value is -0.590. The van der Waals surface area contributed by atoms with Crippen LogP contribution in [0.2, 0.25) is 0 Å². The molecule has 3 nitrogen and oxygen atoms in total. The van der Waals surface area contributed by atoms with Gasteiger partial charge < -0.3 is 5.32 Å². The predicted molar refractivity (Wildman–Crippen MR) is 83.4 cm³/mol. The van der Waals surface area contributed by atoms with Gasteiger partial charge in [0.25, 0.3) is 0 Å². The number of sulfone groups is 1. The molecule has 0 saturated carbocycles. The lowest BCUT2D eigenvalue weighted by molar-refractivity contribution is 0.547. The fraction of sp³-hybridized carbons (Fsp3) is 0.571. The highest BCUT2D eigenvalue weighted by atomic mass is 32.2. The van der Waals surface area contributed by atoms with E-state index in [1.807, 2.05) is 0 Å². The highest BCUT2D eigenvalue weighted by Gasteiger charge is 2.08. The van der Waals surface area contributed by atoms with Gasteiger partial charge in [0.2, 0.25) is 0 Å². The standard InChI is InChI=1S/C14H22FNO2S2/c1-11(2)9-16-10-12-8-13(15)4-5-14(12)19-6-7-20(3,17)18/h4-5,8,11,16H,6-7,9-10H2,1-3H3. The second-order valence-electron chi connectivity index (χ2n) is 5.26. The van der Waals surface area contributed by atoms with Crippen LogP contribution < -0.4 is 5.32 Å². The van der Waals surface area contributed by atoms with E-state index in [-0.39, 0.29) is 11.6 Å². The third kappa shape index (κ3) is 7.26. The first kappa shape index (κ1) is 17.5. The molecule has 0 aliphatic heterocycles. The summed E-state index contributed by atoms with van der Waals surface area (Å²) in [5.41, 5.74) is 0.879. The van der Waals surface area contributed by atoms with Crippen molar-refractivity contribution in [1.82, 2.24) is 5.32 Å². The lowest BCUT2D eigenvalue weighted by Gasteiger charge is -2.12. The van der Waals surface area contributed by atoms with Gasteiger partial charge in [0.05, 0.1) is 5.75 Å². The van der Waals surface area contributed by atoms with E-state index in [0.29, 0.717) is 18.2 Å². The summed E-state index contributed by atoms with van der Waals surface area (Å²) in [7, 11) is -2.95. The van der Waals surface area contributed by atoms with E-state index in [1.54, 1.807) is 6.07 Å². The molecule has 0 atom stereocenters. The quantitative estimate of drug-likeness (QED) is 0.748. The fourth-order valence-electron chi connectivity index (χ4n) is 1.63. The van der Waals surface area contributed by atoms with Crippen molar-refractivity contribution in [3.05, 3.63) is 29.6 Å². The summed E-state index contributed by atoms with van der Waals surface area (Å²) in [6.07, 6.45) is 1.23. The van der Waals surface area contributed by atoms with Crippen LogP contribution in [-0.2, 0) is 16.4 Å². The third-order valence-electron chi connectivity index (χ3n) is 2.60. The number of thioether (sulfide) groups is 1. The Labute approximate surface area is 125 Å². The molecule has 0 fully saturated rings. The number of benzene rings is 1. The van der Waals surface area contributed by atoms with Crippen LogP contribution in [0, 0.1) is 11.7 Å². The van der Waals surface area contributed by atoms with Gasteiger partial charge in [0, 0.05) is 23.4 Å². The Morgan fingerprint density at radius 3 is 2.65 bits per heavy atom. The minimum absolute atomic E-state index is 0.133. The van der Waals surface area contributed by atoms with Crippen molar-refractivity contribution in [2.45, 2.75) is 25.3 Å². The Kier molecular flexibility index (Phi) is 6.99. The maximum atomic E-state index is 13.3. The monoisotopic (exact) mass is 319 g/mol. The van der Waals surface area contributed by atoms with Crippen molar-refractivity contribution in [1.29, 1.82) is 0 Å². The molecule has 0 amide bonds. The molecule has 6 heteroatoms. The van der Waals surface area contributed by atoms with Gasteiger partial charge in [-0.25, -0.2) is 12.8 Å². The first-order valence-electron chi connectivity index (χ1n) is 6.57. The topological polar surface area (TPSA) is 46.2 Å². The second kappa shape index (κ2) is 8.00. The van der Waals surface area contributed by atoms with Crippen LogP contribution in [0.25, 0.3) is 0 Å². The van der Waals surface area contributed by atoms with Gasteiger partial charge >= 0.3 is 0 Å². The molecule has 0 bridgehead atoms. The Morgan fingerprint density at radius 1 is 1.35 bits per heavy atom. The average Bonchev–Trinajstić information content (AvgIpc) is 2.30. The molecule has 0 aromatic heterocycles. The zero-order valence-corrected chi connectivity index (χ0v) is 13.8. The summed E-state index contributed by atoms with van der Waals surface area (Å²) in [6.45, 7) is 5.68. The summed E-state index contributed by atoms with van der Waals surface area (Å²) in [5, 5.41) is 3.28. The van der Waals surface area contributed by atoms with E-state index in [9.17, 15) is 12.8 Å². The maximum absolute atomic E-state index is 13.3. The molecule has 0 aliphatic rings. The highest BCUT2D eigenvalue weighted by molar-refractivity contribution is 8.00. The van der Waals surface area contributed by atoms with Crippen molar-refractivity contribution in [2.75, 3.05) is 24.3 Å². The zero-order valence-electron chi connectivity index (χ0n) is 12.1. The molecule has 1 aromatic rings. The van der Waals surface area contributed by atoms with Crippen molar-refractivity contribution in [2.24, 2.45) is 5.92 Å². The summed E-state index contributed by atoms with van der Waals surface area (Å²) < 4.78 is 35.6. The number of rotatable bonds is 8. The smallest absolute Gasteiger partial charge is 0.148 e. The number of hydrogen-bond donors (Lipinski definition) is 1. The van der Waals surface area contributed by atoms with Crippen LogP contribution in [0.3, 0.4) is 0 Å². The summed E-state index contributed by atoms with van der Waals surface area (Å²) in [5.74, 6) is 0.888. The molecule has 1 rings (SSSR count). The van der Waals surface area contributed by atoms with Crippen molar-refractivity contribution in [3.8, 4) is 0 Å². The molecule has 0 heterocycles. The SMILES string of the molecule is CC(C)CNCc1cc(F)ccc1SCCS(C)(=O)=O. The highest BCUT2D eigenvalue weighted by Crippen LogP contribution is 2.24. The summed E-state index contributed by atoms with van der Waals surface area (Å²) in [6, 6.07) is 4.64. The molecule has 114 valence electrons. The first-order chi connectivity index (χ1) is 9.28. The molecule has 0 saturated heterocycles. The van der Waals surface area contributed by atoms with Gasteiger partial charge in [-0.2, -0.15) is 0 Å². The number of nitrogens with one attached hydrogen (secondary N) is 1. The lowest BCUT2D eigenvalue weighted by atomic mass is 10.2. The maximum Gasteiger partial charge on any atom is 0.148 e. The van der Waals surface area contributed by atoms with E-state index in [4.69, 9.17) is 0 Å². The number of hydrogen-bond acceptors (Lipinski definition) is 4. The Morgan fingerprint density at radius 2 is 2.05 bits per heavy atom. The fourth-order valence-corrected chi connectivity index (χ4v) is 3.87. The molecule has 1 aromatic carbocycles. The zero-order chi connectivity index (χ0) is 15.2. The van der Waals surface area contributed by atoms with Crippen LogP contribution in [-0.4, -0.2) is 32.7 Å². The van der Waals surface area contributed by atoms with Gasteiger partial charge in [0.15, 0.2) is 0 Å².